The third-order valence-corrected chi connectivity index (χ3v) is 2.60. The second-order valence-electron chi connectivity index (χ2n) is 3.97. The molecule has 0 radical (unpaired) electrons. The molecule has 4 heteroatoms. The monoisotopic (exact) mass is 245 g/mol. The Hall–Kier alpha value is -1.91. The molecule has 2 N–H and O–H groups in total. The molecule has 4 nitrogen and oxygen atoms in total. The van der Waals surface area contributed by atoms with E-state index in [2.05, 4.69) is 4.98 Å². The highest BCUT2D eigenvalue weighted by molar-refractivity contribution is 5.35. The lowest BCUT2D eigenvalue weighted by atomic mass is 10.2. The summed E-state index contributed by atoms with van der Waals surface area (Å²) in [5, 5.41) is 18.6. The van der Waals surface area contributed by atoms with E-state index in [1.807, 2.05) is 12.1 Å². The maximum atomic E-state index is 9.37. The lowest BCUT2D eigenvalue weighted by Crippen LogP contribution is -1.95. The molecular weight excluding hydrogens is 230 g/mol. The van der Waals surface area contributed by atoms with Crippen LogP contribution >= 0.6 is 0 Å². The van der Waals surface area contributed by atoms with Crippen molar-refractivity contribution >= 4 is 0 Å². The second-order valence-corrected chi connectivity index (χ2v) is 3.97. The Bertz CT molecular complexity index is 509. The number of nitrogens with zero attached hydrogens (tertiary/aromatic N) is 1. The van der Waals surface area contributed by atoms with E-state index in [1.165, 1.54) is 0 Å². The fourth-order valence-electron chi connectivity index (χ4n) is 1.55. The summed E-state index contributed by atoms with van der Waals surface area (Å²) < 4.78 is 5.58. The molecule has 0 aliphatic rings. The van der Waals surface area contributed by atoms with Crippen LogP contribution in [0.2, 0.25) is 0 Å². The normalized spacial score (nSPS) is 12.2. The molecule has 1 aromatic heterocycles. The minimum absolute atomic E-state index is 0.0814. The number of benzene rings is 1. The van der Waals surface area contributed by atoms with Crippen molar-refractivity contribution in [1.29, 1.82) is 0 Å². The van der Waals surface area contributed by atoms with Gasteiger partial charge in [0.1, 0.15) is 5.75 Å². The zero-order valence-electron chi connectivity index (χ0n) is 10.1. The predicted octanol–water partition coefficient (Wildman–Crippen LogP) is 2.42. The lowest BCUT2D eigenvalue weighted by Gasteiger charge is -2.09. The van der Waals surface area contributed by atoms with Crippen molar-refractivity contribution in [1.82, 2.24) is 4.98 Å². The maximum Gasteiger partial charge on any atom is 0.219 e. The van der Waals surface area contributed by atoms with E-state index in [0.717, 1.165) is 5.56 Å². The summed E-state index contributed by atoms with van der Waals surface area (Å²) in [7, 11) is 0. The summed E-state index contributed by atoms with van der Waals surface area (Å²) >= 11 is 0. The van der Waals surface area contributed by atoms with Gasteiger partial charge < -0.3 is 14.9 Å². The molecule has 94 valence electrons. The maximum absolute atomic E-state index is 9.37. The number of aliphatic hydroxyl groups excluding tert-OH is 2. The molecule has 2 aromatic rings. The van der Waals surface area contributed by atoms with Crippen LogP contribution in [-0.2, 0) is 6.61 Å². The molecule has 0 spiro atoms. The van der Waals surface area contributed by atoms with Crippen molar-refractivity contribution in [3.05, 3.63) is 53.7 Å². The van der Waals surface area contributed by atoms with Gasteiger partial charge >= 0.3 is 0 Å². The van der Waals surface area contributed by atoms with Gasteiger partial charge in [0.15, 0.2) is 0 Å². The number of para-hydroxylation sites is 1. The molecule has 1 heterocycles. The largest absolute Gasteiger partial charge is 0.439 e. The molecule has 0 amide bonds. The number of ether oxygens (including phenoxy) is 1. The van der Waals surface area contributed by atoms with Crippen molar-refractivity contribution in [2.45, 2.75) is 19.6 Å². The van der Waals surface area contributed by atoms with Crippen molar-refractivity contribution in [3.63, 3.8) is 0 Å². The van der Waals surface area contributed by atoms with E-state index in [9.17, 15) is 10.2 Å². The highest BCUT2D eigenvalue weighted by Gasteiger charge is 2.05. The molecule has 2 rings (SSSR count). The molecule has 1 aromatic carbocycles. The first kappa shape index (κ1) is 12.5. The first-order valence-corrected chi connectivity index (χ1v) is 5.71. The Morgan fingerprint density at radius 3 is 2.61 bits per heavy atom. The summed E-state index contributed by atoms with van der Waals surface area (Å²) in [4.78, 5) is 4.11. The quantitative estimate of drug-likeness (QED) is 0.868. The molecule has 0 saturated heterocycles. The van der Waals surface area contributed by atoms with Gasteiger partial charge in [0.2, 0.25) is 5.88 Å². The van der Waals surface area contributed by atoms with Gasteiger partial charge in [0.05, 0.1) is 12.7 Å². The van der Waals surface area contributed by atoms with Crippen LogP contribution < -0.4 is 4.74 Å². The fourth-order valence-corrected chi connectivity index (χ4v) is 1.55. The van der Waals surface area contributed by atoms with E-state index < -0.39 is 6.10 Å². The number of pyridine rings is 1. The zero-order valence-corrected chi connectivity index (χ0v) is 10.1. The standard InChI is InChI=1S/C14H15NO3/c1-10(17)11-6-7-14(15-8-11)18-13-5-3-2-4-12(13)9-16/h2-8,10,16-17H,9H2,1H3. The Balaban J connectivity index is 2.18. The third kappa shape index (κ3) is 2.85. The lowest BCUT2D eigenvalue weighted by molar-refractivity contribution is 0.198. The van der Waals surface area contributed by atoms with Gasteiger partial charge in [-0.3, -0.25) is 0 Å². The third-order valence-electron chi connectivity index (χ3n) is 2.60. The number of hydrogen-bond donors (Lipinski definition) is 2. The van der Waals surface area contributed by atoms with Gasteiger partial charge in [0.25, 0.3) is 0 Å². The van der Waals surface area contributed by atoms with E-state index in [0.29, 0.717) is 17.2 Å². The Labute approximate surface area is 106 Å². The predicted molar refractivity (Wildman–Crippen MR) is 67.3 cm³/mol. The van der Waals surface area contributed by atoms with Gasteiger partial charge in [-0.1, -0.05) is 18.2 Å². The van der Waals surface area contributed by atoms with Crippen LogP contribution in [0.4, 0.5) is 0 Å². The van der Waals surface area contributed by atoms with Crippen LogP contribution in [0.5, 0.6) is 11.6 Å². The van der Waals surface area contributed by atoms with E-state index >= 15 is 0 Å². The fraction of sp³-hybridized carbons (Fsp3) is 0.214. The molecule has 0 bridgehead atoms. The summed E-state index contributed by atoms with van der Waals surface area (Å²) in [6.45, 7) is 1.60. The number of aliphatic hydroxyl groups is 2. The summed E-state index contributed by atoms with van der Waals surface area (Å²) in [6, 6.07) is 10.7. The second kappa shape index (κ2) is 5.62. The SMILES string of the molecule is CC(O)c1ccc(Oc2ccccc2CO)nc1. The van der Waals surface area contributed by atoms with Crippen molar-refractivity contribution in [2.75, 3.05) is 0 Å². The van der Waals surface area contributed by atoms with Crippen LogP contribution in [0.3, 0.4) is 0 Å². The minimum atomic E-state index is -0.545. The number of aromatic nitrogens is 1. The highest BCUT2D eigenvalue weighted by Crippen LogP contribution is 2.24. The van der Waals surface area contributed by atoms with Gasteiger partial charge in [-0.2, -0.15) is 0 Å². The van der Waals surface area contributed by atoms with Crippen LogP contribution in [0.15, 0.2) is 42.6 Å². The molecular formula is C14H15NO3. The van der Waals surface area contributed by atoms with Crippen molar-refractivity contribution in [3.8, 4) is 11.6 Å². The molecule has 18 heavy (non-hydrogen) atoms. The van der Waals surface area contributed by atoms with E-state index in [4.69, 9.17) is 4.74 Å². The van der Waals surface area contributed by atoms with E-state index in [1.54, 1.807) is 37.4 Å². The molecule has 0 fully saturated rings. The van der Waals surface area contributed by atoms with Gasteiger partial charge in [-0.05, 0) is 24.6 Å². The molecule has 1 unspecified atom stereocenters. The van der Waals surface area contributed by atoms with Crippen LogP contribution in [0, 0.1) is 0 Å². The van der Waals surface area contributed by atoms with Crippen LogP contribution in [0.25, 0.3) is 0 Å². The van der Waals surface area contributed by atoms with E-state index in [-0.39, 0.29) is 6.61 Å². The number of hydrogen-bond acceptors (Lipinski definition) is 4. The smallest absolute Gasteiger partial charge is 0.219 e. The Kier molecular flexibility index (Phi) is 3.92. The first-order chi connectivity index (χ1) is 8.70. The average molecular weight is 245 g/mol. The van der Waals surface area contributed by atoms with Crippen LogP contribution in [-0.4, -0.2) is 15.2 Å². The highest BCUT2D eigenvalue weighted by atomic mass is 16.5. The van der Waals surface area contributed by atoms with Crippen molar-refractivity contribution in [2.24, 2.45) is 0 Å². The van der Waals surface area contributed by atoms with Gasteiger partial charge in [-0.25, -0.2) is 4.98 Å². The Morgan fingerprint density at radius 2 is 2.00 bits per heavy atom. The molecule has 1 atom stereocenters. The summed E-state index contributed by atoms with van der Waals surface area (Å²) in [5.74, 6) is 1.01. The summed E-state index contributed by atoms with van der Waals surface area (Å²) in [5.41, 5.74) is 1.44. The zero-order chi connectivity index (χ0) is 13.0. The average Bonchev–Trinajstić information content (AvgIpc) is 2.40. The Morgan fingerprint density at radius 1 is 1.22 bits per heavy atom. The minimum Gasteiger partial charge on any atom is -0.439 e. The van der Waals surface area contributed by atoms with Crippen LogP contribution in [0.1, 0.15) is 24.2 Å². The van der Waals surface area contributed by atoms with Gasteiger partial charge in [-0.15, -0.1) is 0 Å². The molecule has 0 aliphatic carbocycles. The number of rotatable bonds is 4. The first-order valence-electron chi connectivity index (χ1n) is 5.71. The molecule has 0 aliphatic heterocycles. The summed E-state index contributed by atoms with van der Waals surface area (Å²) in [6.07, 6.45) is 1.03. The molecule has 0 saturated carbocycles. The topological polar surface area (TPSA) is 62.6 Å². The van der Waals surface area contributed by atoms with Crippen molar-refractivity contribution < 1.29 is 14.9 Å². The van der Waals surface area contributed by atoms with Gasteiger partial charge in [0, 0.05) is 17.8 Å².